The van der Waals surface area contributed by atoms with Crippen molar-refractivity contribution in [2.45, 2.75) is 6.92 Å². The molecule has 0 atom stereocenters. The average molecular weight is 222 g/mol. The summed E-state index contributed by atoms with van der Waals surface area (Å²) in [6.45, 7) is 1.61. The molecule has 0 bridgehead atoms. The van der Waals surface area contributed by atoms with Gasteiger partial charge >= 0.3 is 5.63 Å². The largest absolute Gasteiger partial charge is 0.504 e. The number of phenols is 2. The molecule has 0 aliphatic heterocycles. The molecule has 2 rings (SSSR count). The lowest BCUT2D eigenvalue weighted by molar-refractivity contribution is 0.346. The zero-order chi connectivity index (χ0) is 11.9. The normalized spacial score (nSPS) is 10.6. The Kier molecular flexibility index (Phi) is 2.23. The molecule has 0 aliphatic rings. The van der Waals surface area contributed by atoms with Crippen molar-refractivity contribution in [2.75, 3.05) is 7.11 Å². The molecular weight excluding hydrogens is 212 g/mol. The molecule has 0 unspecified atom stereocenters. The van der Waals surface area contributed by atoms with Crippen molar-refractivity contribution in [3.8, 4) is 17.2 Å². The summed E-state index contributed by atoms with van der Waals surface area (Å²) < 4.78 is 9.65. The summed E-state index contributed by atoms with van der Waals surface area (Å²) in [6.07, 6.45) is 0. The van der Waals surface area contributed by atoms with Crippen molar-refractivity contribution >= 4 is 10.8 Å². The van der Waals surface area contributed by atoms with Gasteiger partial charge in [-0.3, -0.25) is 0 Å². The Morgan fingerprint density at radius 2 is 2.00 bits per heavy atom. The number of hydrogen-bond acceptors (Lipinski definition) is 5. The molecule has 0 aliphatic carbocycles. The first kappa shape index (κ1) is 10.4. The zero-order valence-corrected chi connectivity index (χ0v) is 8.77. The molecule has 5 heteroatoms. The molecule has 84 valence electrons. The Labute approximate surface area is 90.5 Å². The lowest BCUT2D eigenvalue weighted by Gasteiger charge is -2.08. The van der Waals surface area contributed by atoms with Crippen LogP contribution in [-0.4, -0.2) is 17.3 Å². The van der Waals surface area contributed by atoms with Crippen LogP contribution in [0.3, 0.4) is 0 Å². The molecule has 16 heavy (non-hydrogen) atoms. The Bertz CT molecular complexity index is 612. The van der Waals surface area contributed by atoms with Gasteiger partial charge in [0.1, 0.15) is 11.1 Å². The third-order valence-corrected chi connectivity index (χ3v) is 2.29. The number of phenolic OH excluding ortho intramolecular Hbond substituents is 2. The lowest BCUT2D eigenvalue weighted by atomic mass is 10.1. The van der Waals surface area contributed by atoms with E-state index in [1.807, 2.05) is 0 Å². The Morgan fingerprint density at radius 1 is 1.31 bits per heavy atom. The van der Waals surface area contributed by atoms with Crippen LogP contribution in [0.1, 0.15) is 5.76 Å². The van der Waals surface area contributed by atoms with Crippen molar-refractivity contribution in [1.29, 1.82) is 0 Å². The van der Waals surface area contributed by atoms with Crippen molar-refractivity contribution in [2.24, 2.45) is 0 Å². The van der Waals surface area contributed by atoms with Crippen molar-refractivity contribution in [3.63, 3.8) is 0 Å². The molecule has 0 spiro atoms. The van der Waals surface area contributed by atoms with Crippen LogP contribution < -0.4 is 10.4 Å². The molecule has 0 radical (unpaired) electrons. The summed E-state index contributed by atoms with van der Waals surface area (Å²) in [6, 6.07) is 2.90. The van der Waals surface area contributed by atoms with E-state index in [0.717, 1.165) is 0 Å². The summed E-state index contributed by atoms with van der Waals surface area (Å²) in [5, 5.41) is 19.7. The maximum Gasteiger partial charge on any atom is 0.347 e. The monoisotopic (exact) mass is 222 g/mol. The lowest BCUT2D eigenvalue weighted by Crippen LogP contribution is -2.01. The molecular formula is C11H10O5. The van der Waals surface area contributed by atoms with E-state index in [1.54, 1.807) is 13.0 Å². The standard InChI is InChI=1S/C11H10O5/c1-5-3-6-4-7(12)10(15-2)9(13)8(6)11(14)16-5/h3-4,12-13H,1-2H3. The molecule has 2 N–H and O–H groups in total. The van der Waals surface area contributed by atoms with Crippen LogP contribution in [0.15, 0.2) is 21.3 Å². The number of hydrogen-bond donors (Lipinski definition) is 2. The smallest absolute Gasteiger partial charge is 0.347 e. The number of ether oxygens (including phenoxy) is 1. The van der Waals surface area contributed by atoms with Gasteiger partial charge in [-0.15, -0.1) is 0 Å². The number of fused-ring (bicyclic) bond motifs is 1. The van der Waals surface area contributed by atoms with E-state index in [9.17, 15) is 15.0 Å². The van der Waals surface area contributed by atoms with Gasteiger partial charge in [0, 0.05) is 5.39 Å². The first-order valence-electron chi connectivity index (χ1n) is 4.58. The van der Waals surface area contributed by atoms with E-state index >= 15 is 0 Å². The number of rotatable bonds is 1. The minimum absolute atomic E-state index is 0.000231. The summed E-state index contributed by atoms with van der Waals surface area (Å²) in [4.78, 5) is 11.5. The fraction of sp³-hybridized carbons (Fsp3) is 0.182. The van der Waals surface area contributed by atoms with Gasteiger partial charge in [0.05, 0.1) is 7.11 Å². The number of methoxy groups -OCH3 is 1. The van der Waals surface area contributed by atoms with Crippen LogP contribution in [-0.2, 0) is 0 Å². The predicted octanol–water partition coefficient (Wildman–Crippen LogP) is 1.52. The van der Waals surface area contributed by atoms with Crippen LogP contribution in [0.5, 0.6) is 17.2 Å². The van der Waals surface area contributed by atoms with E-state index in [0.29, 0.717) is 11.1 Å². The number of aromatic hydroxyl groups is 2. The number of benzene rings is 1. The SMILES string of the molecule is COc1c(O)cc2cc(C)oc(=O)c2c1O. The second-order valence-corrected chi connectivity index (χ2v) is 3.39. The average Bonchev–Trinajstić information content (AvgIpc) is 2.15. The minimum atomic E-state index is -0.661. The van der Waals surface area contributed by atoms with Crippen LogP contribution in [0.2, 0.25) is 0 Å². The topological polar surface area (TPSA) is 79.9 Å². The summed E-state index contributed by atoms with van der Waals surface area (Å²) >= 11 is 0. The summed E-state index contributed by atoms with van der Waals surface area (Å²) in [5.74, 6) is -0.367. The van der Waals surface area contributed by atoms with E-state index in [1.165, 1.54) is 13.2 Å². The molecule has 5 nitrogen and oxygen atoms in total. The molecule has 1 heterocycles. The van der Waals surface area contributed by atoms with E-state index < -0.39 is 11.4 Å². The maximum absolute atomic E-state index is 11.5. The van der Waals surface area contributed by atoms with Gasteiger partial charge in [0.15, 0.2) is 11.5 Å². The second kappa shape index (κ2) is 3.44. The summed E-state index contributed by atoms with van der Waals surface area (Å²) in [7, 11) is 1.29. The molecule has 1 aromatic carbocycles. The second-order valence-electron chi connectivity index (χ2n) is 3.39. The fourth-order valence-corrected chi connectivity index (χ4v) is 1.63. The highest BCUT2D eigenvalue weighted by molar-refractivity contribution is 5.91. The van der Waals surface area contributed by atoms with Crippen LogP contribution >= 0.6 is 0 Å². The molecule has 0 amide bonds. The fourth-order valence-electron chi connectivity index (χ4n) is 1.63. The van der Waals surface area contributed by atoms with Gasteiger partial charge in [-0.05, 0) is 19.1 Å². The predicted molar refractivity (Wildman–Crippen MR) is 57.1 cm³/mol. The van der Waals surface area contributed by atoms with Gasteiger partial charge in [-0.25, -0.2) is 4.79 Å². The van der Waals surface area contributed by atoms with Crippen molar-refractivity contribution in [3.05, 3.63) is 28.3 Å². The van der Waals surface area contributed by atoms with Gasteiger partial charge in [0.25, 0.3) is 0 Å². The van der Waals surface area contributed by atoms with Gasteiger partial charge in [-0.2, -0.15) is 0 Å². The highest BCUT2D eigenvalue weighted by Crippen LogP contribution is 2.40. The highest BCUT2D eigenvalue weighted by Gasteiger charge is 2.16. The van der Waals surface area contributed by atoms with Gasteiger partial charge in [-0.1, -0.05) is 0 Å². The zero-order valence-electron chi connectivity index (χ0n) is 8.77. The van der Waals surface area contributed by atoms with Crippen molar-refractivity contribution in [1.82, 2.24) is 0 Å². The summed E-state index contributed by atoms with van der Waals surface area (Å²) in [5.41, 5.74) is -0.661. The van der Waals surface area contributed by atoms with Crippen LogP contribution in [0, 0.1) is 6.92 Å². The highest BCUT2D eigenvalue weighted by atomic mass is 16.5. The molecule has 2 aromatic rings. The Hall–Kier alpha value is -2.17. The van der Waals surface area contributed by atoms with Crippen LogP contribution in [0.4, 0.5) is 0 Å². The van der Waals surface area contributed by atoms with Gasteiger partial charge in [0.2, 0.25) is 5.75 Å². The quantitative estimate of drug-likeness (QED) is 0.764. The first-order valence-corrected chi connectivity index (χ1v) is 4.58. The van der Waals surface area contributed by atoms with Crippen molar-refractivity contribution < 1.29 is 19.4 Å². The third-order valence-electron chi connectivity index (χ3n) is 2.29. The minimum Gasteiger partial charge on any atom is -0.504 e. The first-order chi connectivity index (χ1) is 7.54. The van der Waals surface area contributed by atoms with E-state index in [-0.39, 0.29) is 16.9 Å². The third kappa shape index (κ3) is 1.37. The number of aryl methyl sites for hydroxylation is 1. The molecule has 0 fully saturated rings. The molecule has 1 aromatic heterocycles. The maximum atomic E-state index is 11.5. The Balaban J connectivity index is 2.99. The molecule has 0 saturated carbocycles. The van der Waals surface area contributed by atoms with E-state index in [2.05, 4.69) is 0 Å². The van der Waals surface area contributed by atoms with Gasteiger partial charge < -0.3 is 19.4 Å². The van der Waals surface area contributed by atoms with Crippen LogP contribution in [0.25, 0.3) is 10.8 Å². The Morgan fingerprint density at radius 3 is 2.62 bits per heavy atom. The molecule has 0 saturated heterocycles. The van der Waals surface area contributed by atoms with E-state index in [4.69, 9.17) is 9.15 Å².